The van der Waals surface area contributed by atoms with Crippen molar-refractivity contribution >= 4 is 17.0 Å². The lowest BCUT2D eigenvalue weighted by Crippen LogP contribution is -2.04. The first-order valence-electron chi connectivity index (χ1n) is 8.96. The lowest BCUT2D eigenvalue weighted by atomic mass is 10.2. The SMILES string of the molecule is CCCNc1ncc(-c2nccn2-c2ccc3c(c2)ncn3CCO)cn1. The molecule has 0 fully saturated rings. The van der Waals surface area contributed by atoms with Crippen molar-refractivity contribution in [1.29, 1.82) is 0 Å². The van der Waals surface area contributed by atoms with Gasteiger partial charge in [0.1, 0.15) is 5.82 Å². The van der Waals surface area contributed by atoms with Gasteiger partial charge in [0.25, 0.3) is 0 Å². The zero-order valence-corrected chi connectivity index (χ0v) is 15.1. The molecule has 0 aliphatic heterocycles. The van der Waals surface area contributed by atoms with Crippen molar-refractivity contribution < 1.29 is 5.11 Å². The Morgan fingerprint density at radius 3 is 2.74 bits per heavy atom. The van der Waals surface area contributed by atoms with Crippen LogP contribution in [0.25, 0.3) is 28.1 Å². The fourth-order valence-electron chi connectivity index (χ4n) is 2.98. The van der Waals surface area contributed by atoms with E-state index < -0.39 is 0 Å². The average Bonchev–Trinajstić information content (AvgIpc) is 3.34. The average molecular weight is 363 g/mol. The van der Waals surface area contributed by atoms with Crippen molar-refractivity contribution in [1.82, 2.24) is 29.1 Å². The molecule has 0 amide bonds. The molecule has 0 aliphatic carbocycles. The summed E-state index contributed by atoms with van der Waals surface area (Å²) < 4.78 is 3.92. The summed E-state index contributed by atoms with van der Waals surface area (Å²) in [5.41, 5.74) is 3.66. The number of hydrogen-bond acceptors (Lipinski definition) is 6. The number of fused-ring (bicyclic) bond motifs is 1. The number of nitrogens with zero attached hydrogens (tertiary/aromatic N) is 6. The summed E-state index contributed by atoms with van der Waals surface area (Å²) >= 11 is 0. The predicted molar refractivity (Wildman–Crippen MR) is 104 cm³/mol. The van der Waals surface area contributed by atoms with E-state index in [4.69, 9.17) is 5.11 Å². The Labute approximate surface area is 156 Å². The van der Waals surface area contributed by atoms with E-state index in [0.717, 1.165) is 41.1 Å². The first-order chi connectivity index (χ1) is 13.3. The van der Waals surface area contributed by atoms with E-state index in [1.54, 1.807) is 24.9 Å². The van der Waals surface area contributed by atoms with Gasteiger partial charge in [-0.15, -0.1) is 0 Å². The van der Waals surface area contributed by atoms with Gasteiger partial charge in [-0.3, -0.25) is 4.57 Å². The smallest absolute Gasteiger partial charge is 0.222 e. The van der Waals surface area contributed by atoms with Gasteiger partial charge in [0.05, 0.1) is 29.5 Å². The minimum absolute atomic E-state index is 0.0853. The van der Waals surface area contributed by atoms with Crippen LogP contribution in [-0.4, -0.2) is 47.3 Å². The normalized spacial score (nSPS) is 11.2. The summed E-state index contributed by atoms with van der Waals surface area (Å²) in [6.45, 7) is 3.56. The molecule has 0 bridgehead atoms. The lowest BCUT2D eigenvalue weighted by molar-refractivity contribution is 0.278. The molecule has 4 rings (SSSR count). The Kier molecular flexibility index (Phi) is 4.80. The fourth-order valence-corrected chi connectivity index (χ4v) is 2.98. The van der Waals surface area contributed by atoms with Crippen LogP contribution in [0.15, 0.2) is 49.3 Å². The summed E-state index contributed by atoms with van der Waals surface area (Å²) in [6, 6.07) is 6.03. The van der Waals surface area contributed by atoms with E-state index in [1.807, 2.05) is 33.5 Å². The molecule has 2 N–H and O–H groups in total. The Hall–Kier alpha value is -3.26. The number of aliphatic hydroxyl groups excluding tert-OH is 1. The topological polar surface area (TPSA) is 93.7 Å². The van der Waals surface area contributed by atoms with Crippen LogP contribution in [0.4, 0.5) is 5.95 Å². The maximum absolute atomic E-state index is 9.15. The van der Waals surface area contributed by atoms with Gasteiger partial charge in [0.2, 0.25) is 5.95 Å². The van der Waals surface area contributed by atoms with Gasteiger partial charge in [0, 0.05) is 43.6 Å². The van der Waals surface area contributed by atoms with Crippen LogP contribution in [0.3, 0.4) is 0 Å². The number of hydrogen-bond donors (Lipinski definition) is 2. The first kappa shape index (κ1) is 17.2. The van der Waals surface area contributed by atoms with Crippen LogP contribution in [0.5, 0.6) is 0 Å². The molecule has 0 atom stereocenters. The van der Waals surface area contributed by atoms with E-state index in [-0.39, 0.29) is 6.61 Å². The molecule has 138 valence electrons. The number of imidazole rings is 2. The summed E-state index contributed by atoms with van der Waals surface area (Å²) in [5, 5.41) is 12.3. The largest absolute Gasteiger partial charge is 0.395 e. The molecule has 27 heavy (non-hydrogen) atoms. The van der Waals surface area contributed by atoms with Gasteiger partial charge in [-0.25, -0.2) is 19.9 Å². The molecule has 3 heterocycles. The van der Waals surface area contributed by atoms with Crippen LogP contribution in [-0.2, 0) is 6.54 Å². The third-order valence-electron chi connectivity index (χ3n) is 4.31. The second-order valence-corrected chi connectivity index (χ2v) is 6.18. The maximum Gasteiger partial charge on any atom is 0.222 e. The molecule has 1 aromatic carbocycles. The number of anilines is 1. The Bertz CT molecular complexity index is 1040. The first-order valence-corrected chi connectivity index (χ1v) is 8.96. The number of benzene rings is 1. The van der Waals surface area contributed by atoms with Crippen LogP contribution in [0, 0.1) is 0 Å². The van der Waals surface area contributed by atoms with Crippen LogP contribution in [0.2, 0.25) is 0 Å². The highest BCUT2D eigenvalue weighted by molar-refractivity contribution is 5.78. The van der Waals surface area contributed by atoms with Crippen LogP contribution in [0.1, 0.15) is 13.3 Å². The molecular weight excluding hydrogens is 342 g/mol. The van der Waals surface area contributed by atoms with E-state index in [0.29, 0.717) is 12.5 Å². The van der Waals surface area contributed by atoms with Crippen molar-refractivity contribution in [2.45, 2.75) is 19.9 Å². The molecule has 0 spiro atoms. The molecule has 0 saturated carbocycles. The quantitative estimate of drug-likeness (QED) is 0.524. The van der Waals surface area contributed by atoms with Gasteiger partial charge < -0.3 is 15.0 Å². The second-order valence-electron chi connectivity index (χ2n) is 6.18. The van der Waals surface area contributed by atoms with Crippen molar-refractivity contribution in [3.05, 3.63) is 49.3 Å². The Morgan fingerprint density at radius 1 is 1.11 bits per heavy atom. The van der Waals surface area contributed by atoms with E-state index in [9.17, 15) is 0 Å². The minimum atomic E-state index is 0.0853. The monoisotopic (exact) mass is 363 g/mol. The highest BCUT2D eigenvalue weighted by Gasteiger charge is 2.11. The van der Waals surface area contributed by atoms with E-state index in [1.165, 1.54) is 0 Å². The highest BCUT2D eigenvalue weighted by atomic mass is 16.3. The summed E-state index contributed by atoms with van der Waals surface area (Å²) in [7, 11) is 0. The maximum atomic E-state index is 9.15. The van der Waals surface area contributed by atoms with Crippen LogP contribution < -0.4 is 5.32 Å². The lowest BCUT2D eigenvalue weighted by Gasteiger charge is -2.09. The molecule has 0 radical (unpaired) electrons. The van der Waals surface area contributed by atoms with E-state index in [2.05, 4.69) is 32.2 Å². The van der Waals surface area contributed by atoms with Crippen molar-refractivity contribution in [2.75, 3.05) is 18.5 Å². The van der Waals surface area contributed by atoms with Gasteiger partial charge in [-0.05, 0) is 24.6 Å². The molecule has 8 heteroatoms. The number of aliphatic hydroxyl groups is 1. The number of nitrogens with one attached hydrogen (secondary N) is 1. The van der Waals surface area contributed by atoms with Crippen molar-refractivity contribution in [2.24, 2.45) is 0 Å². The van der Waals surface area contributed by atoms with Gasteiger partial charge >= 0.3 is 0 Å². The summed E-state index contributed by atoms with van der Waals surface area (Å²) in [5.74, 6) is 1.39. The minimum Gasteiger partial charge on any atom is -0.395 e. The number of rotatable bonds is 7. The summed E-state index contributed by atoms with van der Waals surface area (Å²) in [6.07, 6.45) is 9.98. The molecule has 3 aromatic heterocycles. The van der Waals surface area contributed by atoms with Gasteiger partial charge in [0.15, 0.2) is 0 Å². The standard InChI is InChI=1S/C19H21N7O/c1-2-5-21-19-22-11-14(12-23-19)18-20-6-7-26(18)15-3-4-17-16(10-15)24-13-25(17)8-9-27/h3-4,6-7,10-13,27H,2,5,8-9H2,1H3,(H,21,22,23). The Morgan fingerprint density at radius 2 is 1.96 bits per heavy atom. The molecule has 0 aliphatic rings. The second kappa shape index (κ2) is 7.55. The molecule has 0 unspecified atom stereocenters. The zero-order valence-electron chi connectivity index (χ0n) is 15.1. The van der Waals surface area contributed by atoms with Gasteiger partial charge in [-0.1, -0.05) is 6.92 Å². The molecule has 0 saturated heterocycles. The highest BCUT2D eigenvalue weighted by Crippen LogP contribution is 2.23. The summed E-state index contributed by atoms with van der Waals surface area (Å²) in [4.78, 5) is 17.6. The third-order valence-corrected chi connectivity index (χ3v) is 4.31. The van der Waals surface area contributed by atoms with Gasteiger partial charge in [-0.2, -0.15) is 0 Å². The van der Waals surface area contributed by atoms with Crippen molar-refractivity contribution in [3.63, 3.8) is 0 Å². The fraction of sp³-hybridized carbons (Fsp3) is 0.263. The molecular formula is C19H21N7O. The predicted octanol–water partition coefficient (Wildman–Crippen LogP) is 2.49. The molecule has 8 nitrogen and oxygen atoms in total. The van der Waals surface area contributed by atoms with E-state index >= 15 is 0 Å². The van der Waals surface area contributed by atoms with Crippen LogP contribution >= 0.6 is 0 Å². The number of aromatic nitrogens is 6. The molecule has 4 aromatic rings. The Balaban J connectivity index is 1.66. The zero-order chi connectivity index (χ0) is 18.6. The third kappa shape index (κ3) is 3.39. The van der Waals surface area contributed by atoms with Crippen molar-refractivity contribution in [3.8, 4) is 17.1 Å².